The number of nitrogens with one attached hydrogen (secondary N) is 1. The first-order valence-corrected chi connectivity index (χ1v) is 6.88. The smallest absolute Gasteiger partial charge is 0.273 e. The van der Waals surface area contributed by atoms with Crippen LogP contribution in [-0.4, -0.2) is 27.4 Å². The fourth-order valence-corrected chi connectivity index (χ4v) is 2.43. The number of rotatable bonds is 5. The standard InChI is InChI=1S/C10H13ClF2N2O2S.ClH/c1-7-2-3-8(4-9(7)11)18(16,17)15-6-10(12,13)5-14;/h2-4,15H,5-6,14H2,1H3;1H. The maximum Gasteiger partial charge on any atom is 0.273 e. The minimum absolute atomic E-state index is 0. The van der Waals surface area contributed by atoms with E-state index in [1.807, 2.05) is 0 Å². The molecule has 0 bridgehead atoms. The number of benzene rings is 1. The van der Waals surface area contributed by atoms with Gasteiger partial charge >= 0.3 is 0 Å². The Morgan fingerprint density at radius 2 is 2.00 bits per heavy atom. The lowest BCUT2D eigenvalue weighted by Gasteiger charge is -2.15. The summed E-state index contributed by atoms with van der Waals surface area (Å²) in [5.74, 6) is -3.28. The molecule has 0 unspecified atom stereocenters. The summed E-state index contributed by atoms with van der Waals surface area (Å²) in [5.41, 5.74) is 5.51. The summed E-state index contributed by atoms with van der Waals surface area (Å²) in [5, 5.41) is 0.253. The molecule has 0 atom stereocenters. The molecule has 0 heterocycles. The van der Waals surface area contributed by atoms with Gasteiger partial charge in [0, 0.05) is 5.02 Å². The van der Waals surface area contributed by atoms with Crippen LogP contribution >= 0.6 is 24.0 Å². The Kier molecular flexibility index (Phi) is 6.64. The first kappa shape index (κ1) is 18.5. The summed E-state index contributed by atoms with van der Waals surface area (Å²) in [4.78, 5) is -0.161. The number of halogens is 4. The highest BCUT2D eigenvalue weighted by Crippen LogP contribution is 2.20. The lowest BCUT2D eigenvalue weighted by Crippen LogP contribution is -2.41. The van der Waals surface area contributed by atoms with Crippen LogP contribution in [0.5, 0.6) is 0 Å². The van der Waals surface area contributed by atoms with E-state index in [4.69, 9.17) is 17.3 Å². The Hall–Kier alpha value is -0.470. The molecule has 1 aromatic carbocycles. The van der Waals surface area contributed by atoms with E-state index in [0.29, 0.717) is 5.56 Å². The zero-order chi connectivity index (χ0) is 14.0. The molecule has 0 saturated heterocycles. The summed E-state index contributed by atoms with van der Waals surface area (Å²) >= 11 is 5.78. The zero-order valence-electron chi connectivity index (χ0n) is 9.99. The molecular formula is C10H14Cl2F2N2O2S. The minimum Gasteiger partial charge on any atom is -0.325 e. The maximum atomic E-state index is 12.9. The molecule has 0 amide bonds. The quantitative estimate of drug-likeness (QED) is 0.864. The van der Waals surface area contributed by atoms with E-state index >= 15 is 0 Å². The molecule has 1 aromatic rings. The van der Waals surface area contributed by atoms with Crippen molar-refractivity contribution in [1.29, 1.82) is 0 Å². The Morgan fingerprint density at radius 1 is 1.42 bits per heavy atom. The molecule has 0 aliphatic heterocycles. The van der Waals surface area contributed by atoms with E-state index in [0.717, 1.165) is 0 Å². The summed E-state index contributed by atoms with van der Waals surface area (Å²) in [6.07, 6.45) is 0. The second kappa shape index (κ2) is 6.81. The van der Waals surface area contributed by atoms with Gasteiger partial charge in [-0.2, -0.15) is 0 Å². The maximum absolute atomic E-state index is 12.9. The number of hydrogen-bond donors (Lipinski definition) is 2. The Labute approximate surface area is 121 Å². The Balaban J connectivity index is 0.00000324. The number of hydrogen-bond acceptors (Lipinski definition) is 3. The van der Waals surface area contributed by atoms with Crippen LogP contribution in [0.1, 0.15) is 5.56 Å². The van der Waals surface area contributed by atoms with Crippen LogP contribution in [0, 0.1) is 6.92 Å². The molecule has 110 valence electrons. The SMILES string of the molecule is Cc1ccc(S(=O)(=O)NCC(F)(F)CN)cc1Cl.Cl. The van der Waals surface area contributed by atoms with Gasteiger partial charge in [-0.1, -0.05) is 17.7 Å². The normalized spacial score (nSPS) is 12.1. The lowest BCUT2D eigenvalue weighted by atomic mass is 10.2. The number of aryl methyl sites for hydroxylation is 1. The average Bonchev–Trinajstić information content (AvgIpc) is 2.30. The molecule has 0 saturated carbocycles. The van der Waals surface area contributed by atoms with Crippen molar-refractivity contribution < 1.29 is 17.2 Å². The van der Waals surface area contributed by atoms with E-state index in [1.54, 1.807) is 11.6 Å². The van der Waals surface area contributed by atoms with E-state index < -0.39 is 29.0 Å². The molecule has 0 aromatic heterocycles. The topological polar surface area (TPSA) is 72.2 Å². The molecule has 9 heteroatoms. The summed E-state index contributed by atoms with van der Waals surface area (Å²) in [6.45, 7) is -0.268. The molecule has 0 aliphatic carbocycles. The van der Waals surface area contributed by atoms with Crippen LogP contribution in [0.3, 0.4) is 0 Å². The van der Waals surface area contributed by atoms with E-state index in [1.165, 1.54) is 18.2 Å². The van der Waals surface area contributed by atoms with Gasteiger partial charge < -0.3 is 5.73 Å². The third-order valence-electron chi connectivity index (χ3n) is 2.27. The van der Waals surface area contributed by atoms with Crippen LogP contribution in [-0.2, 0) is 10.0 Å². The van der Waals surface area contributed by atoms with Gasteiger partial charge in [0.05, 0.1) is 18.0 Å². The van der Waals surface area contributed by atoms with Gasteiger partial charge in [0.25, 0.3) is 5.92 Å². The predicted octanol–water partition coefficient (Wildman–Crippen LogP) is 1.94. The van der Waals surface area contributed by atoms with Crippen molar-refractivity contribution in [2.75, 3.05) is 13.1 Å². The van der Waals surface area contributed by atoms with Gasteiger partial charge in [-0.25, -0.2) is 21.9 Å². The fraction of sp³-hybridized carbons (Fsp3) is 0.400. The Bertz CT molecular complexity index is 538. The highest BCUT2D eigenvalue weighted by atomic mass is 35.5. The van der Waals surface area contributed by atoms with Crippen molar-refractivity contribution in [3.8, 4) is 0 Å². The second-order valence-corrected chi connectivity index (χ2v) is 5.97. The molecule has 0 aliphatic rings. The van der Waals surface area contributed by atoms with Crippen LogP contribution in [0.4, 0.5) is 8.78 Å². The fourth-order valence-electron chi connectivity index (χ4n) is 1.10. The van der Waals surface area contributed by atoms with E-state index in [9.17, 15) is 17.2 Å². The van der Waals surface area contributed by atoms with Gasteiger partial charge in [0.15, 0.2) is 0 Å². The average molecular weight is 335 g/mol. The third-order valence-corrected chi connectivity index (χ3v) is 4.08. The van der Waals surface area contributed by atoms with Crippen LogP contribution < -0.4 is 10.5 Å². The van der Waals surface area contributed by atoms with Crippen molar-refractivity contribution in [3.05, 3.63) is 28.8 Å². The molecule has 3 N–H and O–H groups in total. The van der Waals surface area contributed by atoms with Crippen molar-refractivity contribution in [1.82, 2.24) is 4.72 Å². The summed E-state index contributed by atoms with van der Waals surface area (Å²) < 4.78 is 51.0. The lowest BCUT2D eigenvalue weighted by molar-refractivity contribution is 0.0170. The molecule has 19 heavy (non-hydrogen) atoms. The van der Waals surface area contributed by atoms with Crippen LogP contribution in [0.2, 0.25) is 5.02 Å². The molecule has 4 nitrogen and oxygen atoms in total. The van der Waals surface area contributed by atoms with Crippen molar-refractivity contribution in [3.63, 3.8) is 0 Å². The van der Waals surface area contributed by atoms with Crippen molar-refractivity contribution in [2.24, 2.45) is 5.73 Å². The van der Waals surface area contributed by atoms with Crippen molar-refractivity contribution >= 4 is 34.0 Å². The Morgan fingerprint density at radius 3 is 2.47 bits per heavy atom. The van der Waals surface area contributed by atoms with Crippen molar-refractivity contribution in [2.45, 2.75) is 17.7 Å². The van der Waals surface area contributed by atoms with Gasteiger partial charge in [0.1, 0.15) is 0 Å². The van der Waals surface area contributed by atoms with Crippen LogP contribution in [0.15, 0.2) is 23.1 Å². The first-order valence-electron chi connectivity index (χ1n) is 5.02. The van der Waals surface area contributed by atoms with E-state index in [2.05, 4.69) is 0 Å². The number of alkyl halides is 2. The zero-order valence-corrected chi connectivity index (χ0v) is 12.4. The van der Waals surface area contributed by atoms with Gasteiger partial charge in [-0.3, -0.25) is 0 Å². The third kappa shape index (κ3) is 5.19. The van der Waals surface area contributed by atoms with Gasteiger partial charge in [-0.15, -0.1) is 12.4 Å². The minimum atomic E-state index is -4.01. The monoisotopic (exact) mass is 334 g/mol. The van der Waals surface area contributed by atoms with E-state index in [-0.39, 0.29) is 22.3 Å². The highest BCUT2D eigenvalue weighted by Gasteiger charge is 2.29. The molecular weight excluding hydrogens is 321 g/mol. The first-order chi connectivity index (χ1) is 8.18. The number of nitrogens with two attached hydrogens (primary N) is 1. The summed E-state index contributed by atoms with van der Waals surface area (Å²) in [7, 11) is -4.01. The molecule has 0 fully saturated rings. The summed E-state index contributed by atoms with van der Waals surface area (Å²) in [6, 6.07) is 4.00. The predicted molar refractivity (Wildman–Crippen MR) is 72.6 cm³/mol. The van der Waals surface area contributed by atoms with Gasteiger partial charge in [-0.05, 0) is 24.6 Å². The van der Waals surface area contributed by atoms with Crippen LogP contribution in [0.25, 0.3) is 0 Å². The second-order valence-electron chi connectivity index (χ2n) is 3.80. The number of sulfonamides is 1. The highest BCUT2D eigenvalue weighted by molar-refractivity contribution is 7.89. The largest absolute Gasteiger partial charge is 0.325 e. The van der Waals surface area contributed by atoms with Gasteiger partial charge in [0.2, 0.25) is 10.0 Å². The molecule has 0 spiro atoms. The molecule has 1 rings (SSSR count). The molecule has 0 radical (unpaired) electrons.